The fourth-order valence-corrected chi connectivity index (χ4v) is 8.13. The fraction of sp³-hybridized carbons (Fsp3) is 0. The number of fused-ring (bicyclic) bond motifs is 6. The Hall–Kier alpha value is -8.24. The van der Waals surface area contributed by atoms with Gasteiger partial charge in [0, 0.05) is 21.5 Å². The van der Waals surface area contributed by atoms with E-state index in [4.69, 9.17) is 4.98 Å². The molecular weight excluding hydrogens is 685 g/mol. The molecule has 0 N–H and O–H groups in total. The van der Waals surface area contributed by atoms with Crippen molar-refractivity contribution in [2.45, 2.75) is 0 Å². The van der Waals surface area contributed by atoms with E-state index in [1.807, 2.05) is 66.7 Å². The van der Waals surface area contributed by atoms with Gasteiger partial charge in [0.1, 0.15) is 11.6 Å². The van der Waals surface area contributed by atoms with Crippen LogP contribution < -0.4 is 0 Å². The summed E-state index contributed by atoms with van der Waals surface area (Å²) >= 11 is 0. The zero-order valence-electron chi connectivity index (χ0n) is 29.8. The van der Waals surface area contributed by atoms with Crippen molar-refractivity contribution < 1.29 is 0 Å². The molecule has 3 aromatic heterocycles. The molecule has 0 spiro atoms. The Kier molecular flexibility index (Phi) is 7.53. The van der Waals surface area contributed by atoms with Crippen LogP contribution >= 0.6 is 0 Å². The molecule has 0 saturated heterocycles. The molecule has 0 aliphatic heterocycles. The minimum atomic E-state index is 0.543. The Labute approximate surface area is 322 Å². The molecule has 7 aromatic carbocycles. The molecule has 258 valence electrons. The maximum absolute atomic E-state index is 9.87. The van der Waals surface area contributed by atoms with Gasteiger partial charge in [-0.3, -0.25) is 9.13 Å². The topological polar surface area (TPSA) is 94.1 Å². The van der Waals surface area contributed by atoms with Crippen molar-refractivity contribution in [1.82, 2.24) is 14.1 Å². The molecule has 0 aliphatic carbocycles. The highest BCUT2D eigenvalue weighted by Crippen LogP contribution is 2.41. The fourth-order valence-electron chi connectivity index (χ4n) is 8.13. The third kappa shape index (κ3) is 5.12. The standard InChI is InChI=1S/C50H28N6/c51-29-32-17-21-35(22-18-32)37-9-1-3-11-39(37)40-12-4-2-10-38(40)36-27-49(55-45-15-7-5-13-41(45)42-14-6-8-16-46(42)55)54-50(28-36)56-47-23-19-33(30-52)25-43(47)44-26-34(31-53)20-24-48(44)56/h1-28H. The lowest BCUT2D eigenvalue weighted by molar-refractivity contribution is 1.01. The highest BCUT2D eigenvalue weighted by molar-refractivity contribution is 6.11. The lowest BCUT2D eigenvalue weighted by atomic mass is 9.89. The molecule has 0 aliphatic rings. The SMILES string of the molecule is N#Cc1ccc(-c2ccccc2-c2ccccc2-c2cc(-n3c4ccccc4c4ccccc43)nc(-n3c4ccc(C#N)cc4c4cc(C#N)ccc43)c2)cc1. The van der Waals surface area contributed by atoms with Gasteiger partial charge in [0.2, 0.25) is 0 Å². The molecule has 0 fully saturated rings. The number of nitrogens with zero attached hydrogens (tertiary/aromatic N) is 6. The Balaban J connectivity index is 1.29. The van der Waals surface area contributed by atoms with Crippen LogP contribution in [0.5, 0.6) is 0 Å². The van der Waals surface area contributed by atoms with E-state index >= 15 is 0 Å². The summed E-state index contributed by atoms with van der Waals surface area (Å²) in [5.41, 5.74) is 11.7. The van der Waals surface area contributed by atoms with E-state index < -0.39 is 0 Å². The molecule has 56 heavy (non-hydrogen) atoms. The van der Waals surface area contributed by atoms with Gasteiger partial charge in [-0.2, -0.15) is 15.8 Å². The quantitative estimate of drug-likeness (QED) is 0.177. The number of pyridine rings is 1. The highest BCUT2D eigenvalue weighted by atomic mass is 15.1. The zero-order chi connectivity index (χ0) is 37.8. The summed E-state index contributed by atoms with van der Waals surface area (Å²) in [4.78, 5) is 5.48. The summed E-state index contributed by atoms with van der Waals surface area (Å²) in [6, 6.07) is 63.9. The number of rotatable bonds is 5. The van der Waals surface area contributed by atoms with E-state index in [-0.39, 0.29) is 0 Å². The molecule has 6 nitrogen and oxygen atoms in total. The first kappa shape index (κ1) is 32.4. The molecule has 10 aromatic rings. The van der Waals surface area contributed by atoms with Crippen molar-refractivity contribution in [3.05, 3.63) is 187 Å². The number of hydrogen-bond acceptors (Lipinski definition) is 4. The molecule has 6 heteroatoms. The predicted molar refractivity (Wildman–Crippen MR) is 223 cm³/mol. The van der Waals surface area contributed by atoms with E-state index in [1.54, 1.807) is 0 Å². The predicted octanol–water partition coefficient (Wildman–Crippen LogP) is 11.9. The molecule has 0 bridgehead atoms. The van der Waals surface area contributed by atoms with Crippen LogP contribution in [0.1, 0.15) is 16.7 Å². The van der Waals surface area contributed by atoms with Crippen LogP contribution in [0, 0.1) is 34.0 Å². The molecule has 0 amide bonds. The van der Waals surface area contributed by atoms with Gasteiger partial charge >= 0.3 is 0 Å². The van der Waals surface area contributed by atoms with E-state index in [0.29, 0.717) is 22.5 Å². The molecule has 0 atom stereocenters. The van der Waals surface area contributed by atoms with E-state index in [0.717, 1.165) is 82.8 Å². The number of hydrogen-bond donors (Lipinski definition) is 0. The average Bonchev–Trinajstić information content (AvgIpc) is 3.78. The van der Waals surface area contributed by atoms with E-state index in [1.165, 1.54) is 0 Å². The minimum absolute atomic E-state index is 0.543. The van der Waals surface area contributed by atoms with Gasteiger partial charge in [-0.05, 0) is 106 Å². The van der Waals surface area contributed by atoms with Crippen LogP contribution in [0.25, 0.3) is 88.6 Å². The van der Waals surface area contributed by atoms with Gasteiger partial charge in [-0.1, -0.05) is 97.1 Å². The van der Waals surface area contributed by atoms with Crippen molar-refractivity contribution >= 4 is 43.6 Å². The maximum atomic E-state index is 9.87. The lowest BCUT2D eigenvalue weighted by Gasteiger charge is -2.18. The summed E-state index contributed by atoms with van der Waals surface area (Å²) in [6.07, 6.45) is 0. The minimum Gasteiger partial charge on any atom is -0.294 e. The van der Waals surface area contributed by atoms with Gasteiger partial charge in [0.15, 0.2) is 0 Å². The van der Waals surface area contributed by atoms with E-state index in [2.05, 4.69) is 130 Å². The summed E-state index contributed by atoms with van der Waals surface area (Å²) < 4.78 is 4.38. The summed E-state index contributed by atoms with van der Waals surface area (Å²) in [5, 5.41) is 33.2. The molecular formula is C50H28N6. The molecule has 10 rings (SSSR count). The summed E-state index contributed by atoms with van der Waals surface area (Å²) in [6.45, 7) is 0. The van der Waals surface area contributed by atoms with Crippen molar-refractivity contribution in [3.8, 4) is 63.2 Å². The third-order valence-electron chi connectivity index (χ3n) is 10.6. The van der Waals surface area contributed by atoms with Gasteiger partial charge < -0.3 is 0 Å². The number of benzene rings is 7. The molecule has 0 saturated carbocycles. The Morgan fingerprint density at radius 1 is 0.339 bits per heavy atom. The summed E-state index contributed by atoms with van der Waals surface area (Å²) in [5.74, 6) is 1.45. The average molecular weight is 713 g/mol. The van der Waals surface area contributed by atoms with Gasteiger partial charge in [-0.15, -0.1) is 0 Å². The molecule has 0 radical (unpaired) electrons. The van der Waals surface area contributed by atoms with Gasteiger partial charge in [0.25, 0.3) is 0 Å². The Bertz CT molecular complexity index is 3220. The number of aromatic nitrogens is 3. The van der Waals surface area contributed by atoms with Crippen molar-refractivity contribution in [2.75, 3.05) is 0 Å². The Morgan fingerprint density at radius 2 is 0.732 bits per heavy atom. The van der Waals surface area contributed by atoms with Crippen LogP contribution in [0.2, 0.25) is 0 Å². The normalized spacial score (nSPS) is 11.2. The first-order valence-corrected chi connectivity index (χ1v) is 18.2. The first-order chi connectivity index (χ1) is 27.6. The zero-order valence-corrected chi connectivity index (χ0v) is 29.8. The Morgan fingerprint density at radius 3 is 1.21 bits per heavy atom. The second-order valence-electron chi connectivity index (χ2n) is 13.7. The van der Waals surface area contributed by atoms with Crippen LogP contribution in [-0.4, -0.2) is 14.1 Å². The largest absolute Gasteiger partial charge is 0.294 e. The highest BCUT2D eigenvalue weighted by Gasteiger charge is 2.21. The van der Waals surface area contributed by atoms with Gasteiger partial charge in [0.05, 0.1) is 57.0 Å². The van der Waals surface area contributed by atoms with Gasteiger partial charge in [-0.25, -0.2) is 4.98 Å². The monoisotopic (exact) mass is 712 g/mol. The van der Waals surface area contributed by atoms with Crippen molar-refractivity contribution in [3.63, 3.8) is 0 Å². The van der Waals surface area contributed by atoms with Crippen LogP contribution in [-0.2, 0) is 0 Å². The second kappa shape index (κ2) is 13.0. The first-order valence-electron chi connectivity index (χ1n) is 18.2. The molecule has 0 unspecified atom stereocenters. The maximum Gasteiger partial charge on any atom is 0.140 e. The second-order valence-corrected chi connectivity index (χ2v) is 13.7. The molecule has 3 heterocycles. The number of para-hydroxylation sites is 2. The number of nitriles is 3. The van der Waals surface area contributed by atoms with Crippen LogP contribution in [0.3, 0.4) is 0 Å². The van der Waals surface area contributed by atoms with Crippen molar-refractivity contribution in [1.29, 1.82) is 15.8 Å². The van der Waals surface area contributed by atoms with Crippen molar-refractivity contribution in [2.24, 2.45) is 0 Å². The van der Waals surface area contributed by atoms with E-state index in [9.17, 15) is 15.8 Å². The van der Waals surface area contributed by atoms with Crippen LogP contribution in [0.4, 0.5) is 0 Å². The third-order valence-corrected chi connectivity index (χ3v) is 10.6. The lowest BCUT2D eigenvalue weighted by Crippen LogP contribution is -2.04. The smallest absolute Gasteiger partial charge is 0.140 e. The summed E-state index contributed by atoms with van der Waals surface area (Å²) in [7, 11) is 0. The van der Waals surface area contributed by atoms with Crippen LogP contribution in [0.15, 0.2) is 170 Å².